The van der Waals surface area contributed by atoms with Gasteiger partial charge in [0.05, 0.1) is 17.7 Å². The molecule has 0 saturated heterocycles. The lowest BCUT2D eigenvalue weighted by Crippen LogP contribution is -2.56. The number of hydrogen-bond acceptors (Lipinski definition) is 5. The summed E-state index contributed by atoms with van der Waals surface area (Å²) in [5, 5.41) is 3.39. The highest BCUT2D eigenvalue weighted by Crippen LogP contribution is 2.31. The Morgan fingerprint density at radius 1 is 0.870 bits per heavy atom. The zero-order chi connectivity index (χ0) is 33.5. The molecule has 0 heterocycles. The number of amides is 2. The molecule has 0 aliphatic carbocycles. The fraction of sp³-hybridized carbons (Fsp3) is 0.278. The molecule has 1 unspecified atom stereocenters. The van der Waals surface area contributed by atoms with Gasteiger partial charge in [0.1, 0.15) is 18.3 Å². The molecule has 46 heavy (non-hydrogen) atoms. The van der Waals surface area contributed by atoms with E-state index in [2.05, 4.69) is 5.32 Å². The van der Waals surface area contributed by atoms with Crippen LogP contribution in [0, 0.1) is 6.92 Å². The van der Waals surface area contributed by atoms with Crippen molar-refractivity contribution in [2.24, 2.45) is 0 Å². The highest BCUT2D eigenvalue weighted by molar-refractivity contribution is 7.92. The summed E-state index contributed by atoms with van der Waals surface area (Å²) in [5.74, 6) is -0.331. The Morgan fingerprint density at radius 2 is 1.48 bits per heavy atom. The second-order valence-electron chi connectivity index (χ2n) is 12.0. The molecule has 4 rings (SSSR count). The normalized spacial score (nSPS) is 12.2. The molecule has 4 aromatic rings. The fourth-order valence-electron chi connectivity index (χ4n) is 5.07. The highest BCUT2D eigenvalue weighted by atomic mass is 35.5. The Morgan fingerprint density at radius 3 is 2.11 bits per heavy atom. The number of nitrogens with zero attached hydrogens (tertiary/aromatic N) is 2. The van der Waals surface area contributed by atoms with Crippen LogP contribution in [0.5, 0.6) is 5.75 Å². The third-order valence-corrected chi connectivity index (χ3v) is 9.56. The first-order valence-corrected chi connectivity index (χ1v) is 16.7. The van der Waals surface area contributed by atoms with Crippen LogP contribution in [0.2, 0.25) is 5.02 Å². The quantitative estimate of drug-likeness (QED) is 0.189. The Bertz CT molecular complexity index is 1760. The number of anilines is 1. The van der Waals surface area contributed by atoms with Crippen LogP contribution >= 0.6 is 11.6 Å². The van der Waals surface area contributed by atoms with Gasteiger partial charge in [0.15, 0.2) is 0 Å². The summed E-state index contributed by atoms with van der Waals surface area (Å²) in [7, 11) is -2.68. The van der Waals surface area contributed by atoms with Crippen LogP contribution in [-0.2, 0) is 32.6 Å². The molecule has 2 amide bonds. The second kappa shape index (κ2) is 14.8. The first-order chi connectivity index (χ1) is 21.8. The number of halogens is 1. The zero-order valence-electron chi connectivity index (χ0n) is 26.7. The molecule has 0 radical (unpaired) electrons. The molecule has 0 spiro atoms. The summed E-state index contributed by atoms with van der Waals surface area (Å²) >= 11 is 6.45. The summed E-state index contributed by atoms with van der Waals surface area (Å²) < 4.78 is 34.9. The Balaban J connectivity index is 1.85. The maximum atomic E-state index is 14.6. The number of methoxy groups -OCH3 is 1. The number of ether oxygens (including phenoxy) is 1. The molecule has 0 bridgehead atoms. The average molecular weight is 662 g/mol. The van der Waals surface area contributed by atoms with Crippen LogP contribution in [0.1, 0.15) is 37.5 Å². The van der Waals surface area contributed by atoms with Gasteiger partial charge >= 0.3 is 0 Å². The van der Waals surface area contributed by atoms with E-state index in [9.17, 15) is 18.0 Å². The van der Waals surface area contributed by atoms with Crippen LogP contribution in [0.15, 0.2) is 108 Å². The fourth-order valence-corrected chi connectivity index (χ4v) is 6.74. The number of sulfonamides is 1. The number of carbonyl (C=O) groups is 2. The smallest absolute Gasteiger partial charge is 0.264 e. The molecule has 0 aromatic heterocycles. The van der Waals surface area contributed by atoms with Crippen LogP contribution in [-0.4, -0.2) is 50.4 Å². The van der Waals surface area contributed by atoms with Crippen molar-refractivity contribution in [3.8, 4) is 5.75 Å². The van der Waals surface area contributed by atoms with E-state index >= 15 is 0 Å². The van der Waals surface area contributed by atoms with Gasteiger partial charge in [-0.25, -0.2) is 8.42 Å². The minimum Gasteiger partial charge on any atom is -0.497 e. The van der Waals surface area contributed by atoms with E-state index in [4.69, 9.17) is 16.3 Å². The van der Waals surface area contributed by atoms with E-state index in [-0.39, 0.29) is 29.5 Å². The summed E-state index contributed by atoms with van der Waals surface area (Å²) in [4.78, 5) is 30.1. The average Bonchev–Trinajstić information content (AvgIpc) is 3.03. The lowest BCUT2D eigenvalue weighted by molar-refractivity contribution is -0.140. The monoisotopic (exact) mass is 661 g/mol. The first kappa shape index (κ1) is 34.5. The van der Waals surface area contributed by atoms with Crippen molar-refractivity contribution in [3.63, 3.8) is 0 Å². The number of rotatable bonds is 12. The van der Waals surface area contributed by atoms with Gasteiger partial charge in [0.2, 0.25) is 11.8 Å². The molecule has 0 aliphatic rings. The van der Waals surface area contributed by atoms with E-state index in [1.165, 1.54) is 17.0 Å². The minimum atomic E-state index is -4.23. The second-order valence-corrected chi connectivity index (χ2v) is 14.3. The maximum Gasteiger partial charge on any atom is 0.264 e. The lowest BCUT2D eigenvalue weighted by Gasteiger charge is -2.35. The van der Waals surface area contributed by atoms with E-state index in [0.717, 1.165) is 9.87 Å². The van der Waals surface area contributed by atoms with Gasteiger partial charge in [-0.05, 0) is 80.8 Å². The third kappa shape index (κ3) is 8.68. The summed E-state index contributed by atoms with van der Waals surface area (Å²) in [6.45, 7) is 6.77. The number of benzene rings is 4. The molecule has 1 atom stereocenters. The topological polar surface area (TPSA) is 96.0 Å². The van der Waals surface area contributed by atoms with Gasteiger partial charge in [0, 0.05) is 23.5 Å². The zero-order valence-corrected chi connectivity index (χ0v) is 28.3. The molecule has 0 saturated carbocycles. The molecule has 4 aromatic carbocycles. The van der Waals surface area contributed by atoms with Gasteiger partial charge < -0.3 is 15.0 Å². The Labute approximate surface area is 277 Å². The van der Waals surface area contributed by atoms with E-state index in [0.29, 0.717) is 21.9 Å². The SMILES string of the molecule is COc1cccc(CN(C(=O)CN(c2cccc(Cl)c2C)S(=O)(=O)c2ccccc2)C(Cc2ccccc2)C(=O)NC(C)(C)C)c1. The van der Waals surface area contributed by atoms with Crippen molar-refractivity contribution in [1.82, 2.24) is 10.2 Å². The Hall–Kier alpha value is -4.34. The summed E-state index contributed by atoms with van der Waals surface area (Å²) in [6, 6.07) is 28.5. The molecule has 0 aliphatic heterocycles. The highest BCUT2D eigenvalue weighted by Gasteiger charge is 2.36. The molecule has 242 valence electrons. The lowest BCUT2D eigenvalue weighted by atomic mass is 10.0. The van der Waals surface area contributed by atoms with Crippen molar-refractivity contribution in [1.29, 1.82) is 0 Å². The predicted molar refractivity (Wildman–Crippen MR) is 183 cm³/mol. The van der Waals surface area contributed by atoms with Gasteiger partial charge in [-0.15, -0.1) is 0 Å². The standard InChI is InChI=1S/C36H40ClN3O5S/c1-26-31(37)20-13-21-32(26)40(46(43,44)30-18-10-7-11-19-30)25-34(41)39(24-28-16-12-17-29(22-28)45-5)33(35(42)38-36(2,3)4)23-27-14-8-6-9-15-27/h6-22,33H,23-25H2,1-5H3,(H,38,42). The van der Waals surface area contributed by atoms with Crippen LogP contribution in [0.4, 0.5) is 5.69 Å². The van der Waals surface area contributed by atoms with Crippen molar-refractivity contribution in [2.45, 2.75) is 57.1 Å². The summed E-state index contributed by atoms with van der Waals surface area (Å²) in [6.07, 6.45) is 0.208. The minimum absolute atomic E-state index is 0.0211. The number of hydrogen-bond donors (Lipinski definition) is 1. The van der Waals surface area contributed by atoms with E-state index in [1.807, 2.05) is 57.2 Å². The van der Waals surface area contributed by atoms with Crippen LogP contribution < -0.4 is 14.4 Å². The molecular formula is C36H40ClN3O5S. The number of nitrogens with one attached hydrogen (secondary N) is 1. The Kier molecular flexibility index (Phi) is 11.1. The van der Waals surface area contributed by atoms with Crippen molar-refractivity contribution >= 4 is 39.1 Å². The van der Waals surface area contributed by atoms with Crippen LogP contribution in [0.3, 0.4) is 0 Å². The van der Waals surface area contributed by atoms with Crippen LogP contribution in [0.25, 0.3) is 0 Å². The maximum absolute atomic E-state index is 14.6. The van der Waals surface area contributed by atoms with Gasteiger partial charge in [0.25, 0.3) is 10.0 Å². The van der Waals surface area contributed by atoms with Gasteiger partial charge in [-0.1, -0.05) is 78.3 Å². The third-order valence-electron chi connectivity index (χ3n) is 7.37. The first-order valence-electron chi connectivity index (χ1n) is 14.9. The largest absolute Gasteiger partial charge is 0.497 e. The molecule has 8 nitrogen and oxygen atoms in total. The summed E-state index contributed by atoms with van der Waals surface area (Å²) in [5.41, 5.74) is 1.74. The molecule has 1 N–H and O–H groups in total. The predicted octanol–water partition coefficient (Wildman–Crippen LogP) is 6.41. The molecular weight excluding hydrogens is 622 g/mol. The van der Waals surface area contributed by atoms with Gasteiger partial charge in [-0.2, -0.15) is 0 Å². The molecule has 10 heteroatoms. The van der Waals surface area contributed by atoms with Crippen molar-refractivity contribution in [3.05, 3.63) is 125 Å². The molecule has 0 fully saturated rings. The van der Waals surface area contributed by atoms with Crippen molar-refractivity contribution in [2.75, 3.05) is 18.0 Å². The van der Waals surface area contributed by atoms with Crippen molar-refractivity contribution < 1.29 is 22.7 Å². The van der Waals surface area contributed by atoms with E-state index in [1.54, 1.807) is 68.6 Å². The van der Waals surface area contributed by atoms with Gasteiger partial charge in [-0.3, -0.25) is 13.9 Å². The van der Waals surface area contributed by atoms with E-state index < -0.39 is 34.1 Å². The number of carbonyl (C=O) groups excluding carboxylic acids is 2.